The van der Waals surface area contributed by atoms with E-state index in [1.54, 1.807) is 6.20 Å². The Labute approximate surface area is 157 Å². The van der Waals surface area contributed by atoms with Crippen molar-refractivity contribution in [3.63, 3.8) is 0 Å². The van der Waals surface area contributed by atoms with Gasteiger partial charge in [0.25, 0.3) is 0 Å². The third-order valence-electron chi connectivity index (χ3n) is 4.45. The van der Waals surface area contributed by atoms with Crippen LogP contribution in [0.1, 0.15) is 47.0 Å². The number of nitriles is 1. The van der Waals surface area contributed by atoms with Crippen molar-refractivity contribution < 1.29 is 5.21 Å². The number of anilines is 1. The summed E-state index contributed by atoms with van der Waals surface area (Å²) in [6, 6.07) is 3.65. The van der Waals surface area contributed by atoms with Crippen molar-refractivity contribution in [2.45, 2.75) is 64.1 Å². The quantitative estimate of drug-likeness (QED) is 0.228. The zero-order valence-corrected chi connectivity index (χ0v) is 16.6. The van der Waals surface area contributed by atoms with Gasteiger partial charge in [0.1, 0.15) is 4.60 Å². The number of nitrogens with zero attached hydrogens (tertiary/aromatic N) is 4. The average molecular weight is 409 g/mol. The highest BCUT2D eigenvalue weighted by molar-refractivity contribution is 9.10. The number of pyridine rings is 1. The van der Waals surface area contributed by atoms with Crippen molar-refractivity contribution in [3.05, 3.63) is 22.9 Å². The Morgan fingerprint density at radius 3 is 2.72 bits per heavy atom. The summed E-state index contributed by atoms with van der Waals surface area (Å²) < 4.78 is 0.737. The van der Waals surface area contributed by atoms with Crippen molar-refractivity contribution in [1.82, 2.24) is 15.4 Å². The van der Waals surface area contributed by atoms with Gasteiger partial charge in [-0.25, -0.2) is 9.98 Å². The highest BCUT2D eigenvalue weighted by Crippen LogP contribution is 2.36. The third-order valence-corrected chi connectivity index (χ3v) is 4.92. The molecule has 1 fully saturated rings. The number of halogens is 1. The molecular formula is C17H25BrN6O. The molecule has 136 valence electrons. The van der Waals surface area contributed by atoms with Crippen LogP contribution in [0.4, 0.5) is 5.69 Å². The van der Waals surface area contributed by atoms with Crippen LogP contribution in [-0.4, -0.2) is 38.3 Å². The number of hydrogen-bond acceptors (Lipinski definition) is 5. The first-order valence-corrected chi connectivity index (χ1v) is 9.04. The van der Waals surface area contributed by atoms with Crippen LogP contribution < -0.4 is 10.6 Å². The lowest BCUT2D eigenvalue weighted by atomic mass is 9.94. The van der Waals surface area contributed by atoms with Gasteiger partial charge < -0.3 is 10.5 Å². The molecule has 1 aromatic heterocycles. The summed E-state index contributed by atoms with van der Waals surface area (Å²) >= 11 is 3.29. The summed E-state index contributed by atoms with van der Waals surface area (Å²) in [5.74, 6) is 0.386. The normalized spacial score (nSPS) is 23.4. The number of rotatable bonds is 2. The Hall–Kier alpha value is -1.69. The minimum Gasteiger partial charge on any atom is -0.324 e. The van der Waals surface area contributed by atoms with Crippen LogP contribution in [0.15, 0.2) is 27.9 Å². The molecule has 7 nitrogen and oxygen atoms in total. The lowest BCUT2D eigenvalue weighted by Crippen LogP contribution is -2.52. The topological polar surface area (TPSA) is 96.6 Å². The summed E-state index contributed by atoms with van der Waals surface area (Å²) in [6.45, 7) is 8.07. The fraction of sp³-hybridized carbons (Fsp3) is 0.588. The molecule has 1 saturated heterocycles. The van der Waals surface area contributed by atoms with Gasteiger partial charge in [-0.05, 0) is 75.0 Å². The van der Waals surface area contributed by atoms with E-state index < -0.39 is 5.54 Å². The van der Waals surface area contributed by atoms with Gasteiger partial charge in [-0.2, -0.15) is 10.3 Å². The Morgan fingerprint density at radius 1 is 1.40 bits per heavy atom. The molecule has 2 rings (SSSR count). The number of nitrogens with one attached hydrogen (secondary N) is 2. The molecule has 8 heteroatoms. The van der Waals surface area contributed by atoms with Crippen LogP contribution in [0.3, 0.4) is 0 Å². The maximum Gasteiger partial charge on any atom is 0.209 e. The second-order valence-electron chi connectivity index (χ2n) is 7.54. The molecule has 0 aliphatic carbocycles. The molecule has 0 bridgehead atoms. The summed E-state index contributed by atoms with van der Waals surface area (Å²) in [7, 11) is 0. The van der Waals surface area contributed by atoms with Gasteiger partial charge in [0.2, 0.25) is 5.96 Å². The van der Waals surface area contributed by atoms with Gasteiger partial charge >= 0.3 is 0 Å². The van der Waals surface area contributed by atoms with Crippen molar-refractivity contribution in [2.24, 2.45) is 4.99 Å². The SMILES string of the molecule is CC1(C)CCC(N=C(NC#N)Nc2ccc(Br)nc2)CC(C)(C)N1O. The summed E-state index contributed by atoms with van der Waals surface area (Å²) in [4.78, 5) is 8.85. The van der Waals surface area contributed by atoms with Crippen molar-refractivity contribution in [1.29, 1.82) is 5.26 Å². The van der Waals surface area contributed by atoms with Crippen LogP contribution in [0, 0.1) is 11.5 Å². The highest BCUT2D eigenvalue weighted by atomic mass is 79.9. The lowest BCUT2D eigenvalue weighted by Gasteiger charge is -2.42. The number of hydroxylamine groups is 2. The molecule has 1 unspecified atom stereocenters. The molecule has 1 aliphatic rings. The first-order chi connectivity index (χ1) is 11.6. The van der Waals surface area contributed by atoms with E-state index in [0.29, 0.717) is 12.4 Å². The number of aromatic nitrogens is 1. The minimum atomic E-state index is -0.412. The molecule has 1 aliphatic heterocycles. The maximum absolute atomic E-state index is 10.5. The van der Waals surface area contributed by atoms with Gasteiger partial charge in [0.05, 0.1) is 17.9 Å². The van der Waals surface area contributed by atoms with Crippen LogP contribution in [0.5, 0.6) is 0 Å². The Morgan fingerprint density at radius 2 is 2.12 bits per heavy atom. The molecule has 0 aromatic carbocycles. The van der Waals surface area contributed by atoms with Crippen LogP contribution in [0.2, 0.25) is 0 Å². The first kappa shape index (κ1) is 19.6. The fourth-order valence-electron chi connectivity index (χ4n) is 3.24. The Balaban J connectivity index is 2.21. The third kappa shape index (κ3) is 5.14. The van der Waals surface area contributed by atoms with Gasteiger partial charge in [-0.1, -0.05) is 0 Å². The summed E-state index contributed by atoms with van der Waals surface area (Å²) in [5.41, 5.74) is 0.00627. The molecule has 0 spiro atoms. The smallest absolute Gasteiger partial charge is 0.209 e. The van der Waals surface area contributed by atoms with E-state index in [-0.39, 0.29) is 11.6 Å². The fourth-order valence-corrected chi connectivity index (χ4v) is 3.47. The highest BCUT2D eigenvalue weighted by Gasteiger charge is 2.41. The zero-order chi connectivity index (χ0) is 18.7. The van der Waals surface area contributed by atoms with E-state index in [2.05, 4.69) is 31.5 Å². The van der Waals surface area contributed by atoms with Gasteiger partial charge in [0, 0.05) is 11.1 Å². The van der Waals surface area contributed by atoms with Crippen LogP contribution in [-0.2, 0) is 0 Å². The largest absolute Gasteiger partial charge is 0.324 e. The van der Waals surface area contributed by atoms with E-state index in [1.165, 1.54) is 5.06 Å². The van der Waals surface area contributed by atoms with Crippen molar-refractivity contribution in [2.75, 3.05) is 5.32 Å². The molecule has 1 atom stereocenters. The molecule has 2 heterocycles. The molecule has 3 N–H and O–H groups in total. The van der Waals surface area contributed by atoms with Gasteiger partial charge in [-0.15, -0.1) is 0 Å². The first-order valence-electron chi connectivity index (χ1n) is 8.25. The predicted octanol–water partition coefficient (Wildman–Crippen LogP) is 3.48. The van der Waals surface area contributed by atoms with E-state index >= 15 is 0 Å². The monoisotopic (exact) mass is 408 g/mol. The van der Waals surface area contributed by atoms with E-state index in [9.17, 15) is 5.21 Å². The average Bonchev–Trinajstić information content (AvgIpc) is 2.60. The van der Waals surface area contributed by atoms with Gasteiger partial charge in [0.15, 0.2) is 6.19 Å². The molecule has 25 heavy (non-hydrogen) atoms. The standard InChI is InChI=1S/C17H25BrN6O/c1-16(2)8-7-12(9-17(3,4)24(16)25)22-15(21-11-19)23-13-5-6-14(18)20-10-13/h5-6,10,12,25H,7-9H2,1-4H3,(H2,21,22,23). The number of guanidine groups is 1. The second kappa shape index (κ2) is 7.68. The Kier molecular flexibility index (Phi) is 6.03. The van der Waals surface area contributed by atoms with Gasteiger partial charge in [-0.3, -0.25) is 5.32 Å². The lowest BCUT2D eigenvalue weighted by molar-refractivity contribution is -0.221. The summed E-state index contributed by atoms with van der Waals surface area (Å²) in [5, 5.41) is 26.7. The van der Waals surface area contributed by atoms with Crippen molar-refractivity contribution in [3.8, 4) is 6.19 Å². The number of hydrogen-bond donors (Lipinski definition) is 3. The zero-order valence-electron chi connectivity index (χ0n) is 15.0. The van der Waals surface area contributed by atoms with E-state index in [4.69, 9.17) is 10.3 Å². The predicted molar refractivity (Wildman–Crippen MR) is 101 cm³/mol. The van der Waals surface area contributed by atoms with Crippen LogP contribution in [0.25, 0.3) is 0 Å². The molecule has 1 aromatic rings. The second-order valence-corrected chi connectivity index (χ2v) is 8.35. The Bertz CT molecular complexity index is 665. The number of aliphatic imine (C=N–C) groups is 1. The molecule has 0 saturated carbocycles. The molecule has 0 radical (unpaired) electrons. The summed E-state index contributed by atoms with van der Waals surface area (Å²) in [6.07, 6.45) is 5.89. The maximum atomic E-state index is 10.5. The van der Waals surface area contributed by atoms with E-state index in [1.807, 2.05) is 46.0 Å². The molecular weight excluding hydrogens is 384 g/mol. The molecule has 0 amide bonds. The van der Waals surface area contributed by atoms with Crippen molar-refractivity contribution >= 4 is 27.6 Å². The van der Waals surface area contributed by atoms with E-state index in [0.717, 1.165) is 23.1 Å². The minimum absolute atomic E-state index is 0.0156. The van der Waals surface area contributed by atoms with Crippen LogP contribution >= 0.6 is 15.9 Å².